The molecule has 14 heavy (non-hydrogen) atoms. The highest BCUT2D eigenvalue weighted by Crippen LogP contribution is 2.19. The first kappa shape index (κ1) is 10.0. The summed E-state index contributed by atoms with van der Waals surface area (Å²) in [6.07, 6.45) is 0. The van der Waals surface area contributed by atoms with E-state index in [0.717, 1.165) is 0 Å². The number of hydrogen-bond donors (Lipinski definition) is 1. The zero-order valence-electron chi connectivity index (χ0n) is 7.54. The predicted octanol–water partition coefficient (Wildman–Crippen LogP) is 0.748. The molecule has 0 aliphatic carbocycles. The van der Waals surface area contributed by atoms with E-state index in [1.165, 1.54) is 13.8 Å². The van der Waals surface area contributed by atoms with Crippen LogP contribution in [0.3, 0.4) is 0 Å². The van der Waals surface area contributed by atoms with Gasteiger partial charge in [0.05, 0.1) is 4.92 Å². The molecule has 0 fully saturated rings. The molecule has 0 spiro atoms. The molecule has 0 atom stereocenters. The molecule has 0 aromatic carbocycles. The fraction of sp³-hybridized carbons (Fsp3) is 0.600. The van der Waals surface area contributed by atoms with Gasteiger partial charge >= 0.3 is 5.66 Å². The third-order valence-electron chi connectivity index (χ3n) is 1.33. The maximum absolute atomic E-state index is 10.4. The minimum atomic E-state index is -1.52. The zero-order valence-corrected chi connectivity index (χ0v) is 7.54. The van der Waals surface area contributed by atoms with Crippen LogP contribution in [0.5, 0.6) is 0 Å². The normalized spacial score (nSPS) is 12.1. The maximum atomic E-state index is 10.4. The summed E-state index contributed by atoms with van der Waals surface area (Å²) in [5, 5.41) is 23.8. The minimum Gasteiger partial charge on any atom is -0.378 e. The van der Waals surface area contributed by atoms with Gasteiger partial charge in [-0.05, 0) is 10.3 Å². The second-order valence-corrected chi connectivity index (χ2v) is 2.92. The summed E-state index contributed by atoms with van der Waals surface area (Å²) >= 11 is 0. The highest BCUT2D eigenvalue weighted by atomic mass is 16.6. The molecular weight excluding hydrogens is 192 g/mol. The van der Waals surface area contributed by atoms with Crippen molar-refractivity contribution in [2.45, 2.75) is 19.5 Å². The van der Waals surface area contributed by atoms with E-state index in [9.17, 15) is 10.1 Å². The fourth-order valence-corrected chi connectivity index (χ4v) is 0.466. The smallest absolute Gasteiger partial charge is 0.324 e. The van der Waals surface area contributed by atoms with Crippen molar-refractivity contribution in [1.29, 1.82) is 0 Å². The molecule has 9 heteroatoms. The predicted molar refractivity (Wildman–Crippen MR) is 44.3 cm³/mol. The molecule has 1 heterocycles. The van der Waals surface area contributed by atoms with Crippen LogP contribution in [-0.4, -0.2) is 20.9 Å². The molecule has 0 radical (unpaired) electrons. The van der Waals surface area contributed by atoms with Gasteiger partial charge in [0, 0.05) is 13.8 Å². The maximum Gasteiger partial charge on any atom is 0.324 e. The van der Waals surface area contributed by atoms with E-state index in [4.69, 9.17) is 5.73 Å². The SMILES string of the molecule is CC(C)(N=Nc1nonc1N)[N+](=O)[O-]. The highest BCUT2D eigenvalue weighted by Gasteiger charge is 2.30. The van der Waals surface area contributed by atoms with Gasteiger partial charge < -0.3 is 5.73 Å². The second-order valence-electron chi connectivity index (χ2n) is 2.92. The Morgan fingerprint density at radius 1 is 1.57 bits per heavy atom. The third kappa shape index (κ3) is 2.00. The first-order valence-electron chi connectivity index (χ1n) is 3.59. The molecule has 0 unspecified atom stereocenters. The molecule has 1 rings (SSSR count). The molecular formula is C5H8N6O3. The average molecular weight is 200 g/mol. The number of hydrogen-bond acceptors (Lipinski definition) is 8. The van der Waals surface area contributed by atoms with Crippen LogP contribution in [0, 0.1) is 10.1 Å². The van der Waals surface area contributed by atoms with Crippen LogP contribution in [0.4, 0.5) is 11.6 Å². The van der Waals surface area contributed by atoms with Crippen molar-refractivity contribution in [2.24, 2.45) is 10.2 Å². The lowest BCUT2D eigenvalue weighted by molar-refractivity contribution is -0.559. The first-order chi connectivity index (χ1) is 6.43. The van der Waals surface area contributed by atoms with Gasteiger partial charge in [0.1, 0.15) is 0 Å². The minimum absolute atomic E-state index is 0.0621. The highest BCUT2D eigenvalue weighted by molar-refractivity contribution is 5.48. The summed E-state index contributed by atoms with van der Waals surface area (Å²) in [5.74, 6) is -0.132. The molecule has 9 nitrogen and oxygen atoms in total. The molecule has 0 aliphatic rings. The molecule has 1 aromatic rings. The van der Waals surface area contributed by atoms with Gasteiger partial charge in [0.25, 0.3) is 5.82 Å². The lowest BCUT2D eigenvalue weighted by atomic mass is 10.3. The largest absolute Gasteiger partial charge is 0.378 e. The van der Waals surface area contributed by atoms with Gasteiger partial charge in [0.2, 0.25) is 5.82 Å². The van der Waals surface area contributed by atoms with E-state index in [1.807, 2.05) is 0 Å². The molecule has 0 saturated carbocycles. The van der Waals surface area contributed by atoms with Crippen molar-refractivity contribution in [3.8, 4) is 0 Å². The van der Waals surface area contributed by atoms with E-state index in [0.29, 0.717) is 0 Å². The van der Waals surface area contributed by atoms with E-state index in [-0.39, 0.29) is 11.6 Å². The van der Waals surface area contributed by atoms with Crippen molar-refractivity contribution >= 4 is 11.6 Å². The summed E-state index contributed by atoms with van der Waals surface area (Å²) < 4.78 is 4.22. The quantitative estimate of drug-likeness (QED) is 0.434. The van der Waals surface area contributed by atoms with Crippen molar-refractivity contribution in [1.82, 2.24) is 10.3 Å². The van der Waals surface area contributed by atoms with E-state index < -0.39 is 10.6 Å². The van der Waals surface area contributed by atoms with Gasteiger partial charge in [-0.25, -0.2) is 4.63 Å². The fourth-order valence-electron chi connectivity index (χ4n) is 0.466. The van der Waals surface area contributed by atoms with Crippen molar-refractivity contribution in [3.05, 3.63) is 10.1 Å². The Bertz CT molecular complexity index is 369. The molecule has 0 aliphatic heterocycles. The Morgan fingerprint density at radius 3 is 2.64 bits per heavy atom. The van der Waals surface area contributed by atoms with E-state index in [1.54, 1.807) is 0 Å². The van der Waals surface area contributed by atoms with Crippen LogP contribution in [-0.2, 0) is 0 Å². The molecule has 0 amide bonds. The van der Waals surface area contributed by atoms with Crippen LogP contribution in [0.15, 0.2) is 14.9 Å². The Balaban J connectivity index is 2.84. The number of rotatable bonds is 3. The first-order valence-corrected chi connectivity index (χ1v) is 3.59. The number of nitrogen functional groups attached to an aromatic ring is 1. The second kappa shape index (κ2) is 3.36. The molecule has 1 aromatic heterocycles. The van der Waals surface area contributed by atoms with Crippen LogP contribution >= 0.6 is 0 Å². The third-order valence-corrected chi connectivity index (χ3v) is 1.33. The van der Waals surface area contributed by atoms with Crippen molar-refractivity contribution < 1.29 is 9.55 Å². The van der Waals surface area contributed by atoms with Crippen molar-refractivity contribution in [3.63, 3.8) is 0 Å². The number of anilines is 1. The summed E-state index contributed by atoms with van der Waals surface area (Å²) in [6, 6.07) is 0. The van der Waals surface area contributed by atoms with Crippen LogP contribution in [0.25, 0.3) is 0 Å². The van der Waals surface area contributed by atoms with Gasteiger partial charge in [-0.15, -0.1) is 10.2 Å². The van der Waals surface area contributed by atoms with Crippen LogP contribution in [0.2, 0.25) is 0 Å². The van der Waals surface area contributed by atoms with E-state index >= 15 is 0 Å². The Morgan fingerprint density at radius 2 is 2.21 bits per heavy atom. The Kier molecular flexibility index (Phi) is 2.40. The lowest BCUT2D eigenvalue weighted by Crippen LogP contribution is -2.27. The van der Waals surface area contributed by atoms with Crippen molar-refractivity contribution in [2.75, 3.05) is 5.73 Å². The standard InChI is InChI=1S/C5H8N6O3/c1-5(2,11(12)13)10-7-4-3(6)8-14-9-4/h1-2H3,(H2,6,8). The Hall–Kier alpha value is -2.06. The van der Waals surface area contributed by atoms with Crippen LogP contribution < -0.4 is 5.73 Å². The summed E-state index contributed by atoms with van der Waals surface area (Å²) in [5.41, 5.74) is 3.73. The van der Waals surface area contributed by atoms with Gasteiger partial charge in [-0.1, -0.05) is 0 Å². The summed E-state index contributed by atoms with van der Waals surface area (Å²) in [4.78, 5) is 9.84. The monoisotopic (exact) mass is 200 g/mol. The molecule has 0 bridgehead atoms. The average Bonchev–Trinajstić information content (AvgIpc) is 2.47. The van der Waals surface area contributed by atoms with Crippen LogP contribution in [0.1, 0.15) is 13.8 Å². The number of nitrogens with two attached hydrogens (primary N) is 1. The number of azo groups is 1. The zero-order chi connectivity index (χ0) is 10.8. The molecule has 2 N–H and O–H groups in total. The van der Waals surface area contributed by atoms with Gasteiger partial charge in [-0.2, -0.15) is 0 Å². The lowest BCUT2D eigenvalue weighted by Gasteiger charge is -2.06. The topological polar surface area (TPSA) is 133 Å². The number of aromatic nitrogens is 2. The number of nitro groups is 1. The molecule has 76 valence electrons. The van der Waals surface area contributed by atoms with Gasteiger partial charge in [-0.3, -0.25) is 10.1 Å². The summed E-state index contributed by atoms with van der Waals surface area (Å²) in [6.45, 7) is 2.58. The molecule has 0 saturated heterocycles. The number of nitrogens with zero attached hydrogens (tertiary/aromatic N) is 5. The Labute approximate surface area is 78.1 Å². The summed E-state index contributed by atoms with van der Waals surface area (Å²) in [7, 11) is 0. The van der Waals surface area contributed by atoms with Gasteiger partial charge in [0.15, 0.2) is 0 Å². The van der Waals surface area contributed by atoms with E-state index in [2.05, 4.69) is 25.2 Å².